The summed E-state index contributed by atoms with van der Waals surface area (Å²) in [6.07, 6.45) is 5.71. The molecule has 102 valence electrons. The van der Waals surface area contributed by atoms with Gasteiger partial charge >= 0.3 is 0 Å². The third-order valence-corrected chi connectivity index (χ3v) is 4.32. The summed E-state index contributed by atoms with van der Waals surface area (Å²) in [6, 6.07) is 0.105. The Bertz CT molecular complexity index is 312. The number of nitrogens with one attached hydrogen (secondary N) is 1. The van der Waals surface area contributed by atoms with Crippen molar-refractivity contribution in [2.75, 3.05) is 25.9 Å². The van der Waals surface area contributed by atoms with E-state index in [1.54, 1.807) is 0 Å². The molecule has 0 amide bonds. The van der Waals surface area contributed by atoms with E-state index in [-0.39, 0.29) is 6.04 Å². The fourth-order valence-electron chi connectivity index (χ4n) is 2.53. The Kier molecular flexibility index (Phi) is 5.89. The van der Waals surface area contributed by atoms with Crippen LogP contribution in [-0.4, -0.2) is 45.2 Å². The van der Waals surface area contributed by atoms with Crippen LogP contribution in [0.5, 0.6) is 0 Å². The quantitative estimate of drug-likeness (QED) is 0.788. The van der Waals surface area contributed by atoms with Crippen molar-refractivity contribution in [3.05, 3.63) is 0 Å². The molecule has 1 atom stereocenters. The van der Waals surface area contributed by atoms with Gasteiger partial charge in [0.1, 0.15) is 0 Å². The standard InChI is InChI=1S/C12H26N2O2S/c1-4-11(5-2)9-14-8-6-7-12(10-14)13-17(3,15)16/h11-13H,4-10H2,1-3H3/t12-/m0/s1. The second-order valence-corrected chi connectivity index (χ2v) is 6.95. The molecule has 0 aliphatic carbocycles. The second-order valence-electron chi connectivity index (χ2n) is 5.17. The van der Waals surface area contributed by atoms with Gasteiger partial charge in [-0.05, 0) is 25.3 Å². The van der Waals surface area contributed by atoms with Crippen molar-refractivity contribution in [2.45, 2.75) is 45.6 Å². The maximum absolute atomic E-state index is 11.2. The van der Waals surface area contributed by atoms with Crippen LogP contribution in [0, 0.1) is 5.92 Å². The van der Waals surface area contributed by atoms with Crippen molar-refractivity contribution in [3.8, 4) is 0 Å². The minimum Gasteiger partial charge on any atom is -0.301 e. The van der Waals surface area contributed by atoms with Crippen molar-refractivity contribution in [3.63, 3.8) is 0 Å². The molecule has 0 radical (unpaired) electrons. The number of likely N-dealkylation sites (tertiary alicyclic amines) is 1. The molecule has 0 spiro atoms. The summed E-state index contributed by atoms with van der Waals surface area (Å²) < 4.78 is 25.1. The Labute approximate surface area is 106 Å². The van der Waals surface area contributed by atoms with Gasteiger partial charge < -0.3 is 4.90 Å². The van der Waals surface area contributed by atoms with Crippen LogP contribution in [0.25, 0.3) is 0 Å². The molecular weight excluding hydrogens is 236 g/mol. The molecular formula is C12H26N2O2S. The lowest BCUT2D eigenvalue weighted by Crippen LogP contribution is -2.48. The van der Waals surface area contributed by atoms with Gasteiger partial charge in [-0.25, -0.2) is 13.1 Å². The average Bonchev–Trinajstić information content (AvgIpc) is 2.24. The Balaban J connectivity index is 2.43. The summed E-state index contributed by atoms with van der Waals surface area (Å²) in [6.45, 7) is 7.53. The molecule has 1 N–H and O–H groups in total. The Morgan fingerprint density at radius 3 is 2.53 bits per heavy atom. The van der Waals surface area contributed by atoms with Crippen LogP contribution in [0.1, 0.15) is 39.5 Å². The monoisotopic (exact) mass is 262 g/mol. The number of hydrogen-bond donors (Lipinski definition) is 1. The first kappa shape index (κ1) is 14.9. The van der Waals surface area contributed by atoms with E-state index in [1.807, 2.05) is 0 Å². The summed E-state index contributed by atoms with van der Waals surface area (Å²) in [7, 11) is -3.06. The largest absolute Gasteiger partial charge is 0.301 e. The first-order valence-corrected chi connectivity index (χ1v) is 8.53. The highest BCUT2D eigenvalue weighted by atomic mass is 32.2. The third-order valence-electron chi connectivity index (χ3n) is 3.56. The molecule has 1 rings (SSSR count). The van der Waals surface area contributed by atoms with E-state index in [1.165, 1.54) is 19.1 Å². The molecule has 0 aromatic rings. The van der Waals surface area contributed by atoms with Crippen molar-refractivity contribution >= 4 is 10.0 Å². The average molecular weight is 262 g/mol. The highest BCUT2D eigenvalue weighted by molar-refractivity contribution is 7.88. The zero-order valence-corrected chi connectivity index (χ0v) is 12.1. The molecule has 17 heavy (non-hydrogen) atoms. The van der Waals surface area contributed by atoms with Gasteiger partial charge in [0.05, 0.1) is 6.26 Å². The molecule has 0 bridgehead atoms. The Morgan fingerprint density at radius 1 is 1.35 bits per heavy atom. The van der Waals surface area contributed by atoms with Crippen LogP contribution in [0.4, 0.5) is 0 Å². The minimum atomic E-state index is -3.06. The summed E-state index contributed by atoms with van der Waals surface area (Å²) in [5.74, 6) is 0.743. The summed E-state index contributed by atoms with van der Waals surface area (Å²) in [5, 5.41) is 0. The van der Waals surface area contributed by atoms with Gasteiger partial charge in [-0.3, -0.25) is 0 Å². The SMILES string of the molecule is CCC(CC)CN1CCC[C@H](NS(C)(=O)=O)C1. The number of nitrogens with zero attached hydrogens (tertiary/aromatic N) is 1. The topological polar surface area (TPSA) is 49.4 Å². The van der Waals surface area contributed by atoms with Crippen molar-refractivity contribution in [1.82, 2.24) is 9.62 Å². The molecule has 4 nitrogen and oxygen atoms in total. The van der Waals surface area contributed by atoms with Crippen molar-refractivity contribution in [2.24, 2.45) is 5.92 Å². The summed E-state index contributed by atoms with van der Waals surface area (Å²) >= 11 is 0. The third kappa shape index (κ3) is 5.84. The lowest BCUT2D eigenvalue weighted by atomic mass is 10.00. The zero-order valence-electron chi connectivity index (χ0n) is 11.3. The Hall–Kier alpha value is -0.130. The van der Waals surface area contributed by atoms with E-state index >= 15 is 0 Å². The summed E-state index contributed by atoms with van der Waals surface area (Å²) in [4.78, 5) is 2.41. The van der Waals surface area contributed by atoms with Crippen LogP contribution in [0.3, 0.4) is 0 Å². The van der Waals surface area contributed by atoms with E-state index in [4.69, 9.17) is 0 Å². The fraction of sp³-hybridized carbons (Fsp3) is 1.00. The summed E-state index contributed by atoms with van der Waals surface area (Å²) in [5.41, 5.74) is 0. The highest BCUT2D eigenvalue weighted by Gasteiger charge is 2.23. The lowest BCUT2D eigenvalue weighted by molar-refractivity contribution is 0.170. The number of sulfonamides is 1. The van der Waals surface area contributed by atoms with Crippen molar-refractivity contribution < 1.29 is 8.42 Å². The maximum atomic E-state index is 11.2. The number of rotatable bonds is 6. The van der Waals surface area contributed by atoms with Crippen LogP contribution >= 0.6 is 0 Å². The molecule has 1 aliphatic rings. The van der Waals surface area contributed by atoms with Gasteiger partial charge in [0.25, 0.3) is 0 Å². The first-order chi connectivity index (χ1) is 7.94. The molecule has 1 heterocycles. The molecule has 0 aromatic heterocycles. The molecule has 0 aromatic carbocycles. The van der Waals surface area contributed by atoms with Crippen LogP contribution in [0.2, 0.25) is 0 Å². The predicted octanol–water partition coefficient (Wildman–Crippen LogP) is 1.44. The van der Waals surface area contributed by atoms with Gasteiger partial charge in [0.15, 0.2) is 0 Å². The molecule has 1 aliphatic heterocycles. The lowest BCUT2D eigenvalue weighted by Gasteiger charge is -2.34. The number of hydrogen-bond acceptors (Lipinski definition) is 3. The normalized spacial score (nSPS) is 23.2. The Morgan fingerprint density at radius 2 is 2.00 bits per heavy atom. The van der Waals surface area contributed by atoms with E-state index in [9.17, 15) is 8.42 Å². The smallest absolute Gasteiger partial charge is 0.208 e. The number of piperidine rings is 1. The molecule has 1 fully saturated rings. The first-order valence-electron chi connectivity index (χ1n) is 6.64. The zero-order chi connectivity index (χ0) is 12.9. The van der Waals surface area contributed by atoms with Gasteiger partial charge in [-0.2, -0.15) is 0 Å². The van der Waals surface area contributed by atoms with Crippen LogP contribution in [0.15, 0.2) is 0 Å². The molecule has 5 heteroatoms. The van der Waals surface area contributed by atoms with E-state index in [0.29, 0.717) is 0 Å². The molecule has 1 saturated heterocycles. The van der Waals surface area contributed by atoms with Gasteiger partial charge in [0.2, 0.25) is 10.0 Å². The van der Waals surface area contributed by atoms with Gasteiger partial charge in [-0.15, -0.1) is 0 Å². The van der Waals surface area contributed by atoms with E-state index in [2.05, 4.69) is 23.5 Å². The molecule has 0 unspecified atom stereocenters. The maximum Gasteiger partial charge on any atom is 0.208 e. The fourth-order valence-corrected chi connectivity index (χ4v) is 3.33. The predicted molar refractivity (Wildman–Crippen MR) is 71.5 cm³/mol. The highest BCUT2D eigenvalue weighted by Crippen LogP contribution is 2.15. The van der Waals surface area contributed by atoms with Gasteiger partial charge in [0, 0.05) is 19.1 Å². The van der Waals surface area contributed by atoms with Crippen molar-refractivity contribution in [1.29, 1.82) is 0 Å². The molecule has 0 saturated carbocycles. The van der Waals surface area contributed by atoms with E-state index < -0.39 is 10.0 Å². The van der Waals surface area contributed by atoms with Crippen LogP contribution in [-0.2, 0) is 10.0 Å². The van der Waals surface area contributed by atoms with E-state index in [0.717, 1.165) is 38.4 Å². The second kappa shape index (κ2) is 6.71. The minimum absolute atomic E-state index is 0.105. The van der Waals surface area contributed by atoms with Crippen LogP contribution < -0.4 is 4.72 Å². The van der Waals surface area contributed by atoms with Gasteiger partial charge in [-0.1, -0.05) is 26.7 Å².